The van der Waals surface area contributed by atoms with Crippen LogP contribution in [0, 0.1) is 0 Å². The molecule has 0 saturated carbocycles. The maximum Gasteiger partial charge on any atom is 0.0342 e. The Morgan fingerprint density at radius 3 is 2.53 bits per heavy atom. The molecule has 0 aliphatic heterocycles. The van der Waals surface area contributed by atoms with E-state index in [-0.39, 0.29) is 0 Å². The molecule has 0 radical (unpaired) electrons. The van der Waals surface area contributed by atoms with E-state index in [2.05, 4.69) is 60.9 Å². The van der Waals surface area contributed by atoms with E-state index in [0.29, 0.717) is 0 Å². The van der Waals surface area contributed by atoms with Crippen LogP contribution in [0.1, 0.15) is 12.5 Å². The molecule has 0 unspecified atom stereocenters. The molecule has 0 fully saturated rings. The van der Waals surface area contributed by atoms with Gasteiger partial charge in [0.1, 0.15) is 0 Å². The fourth-order valence-electron chi connectivity index (χ4n) is 1.50. The van der Waals surface area contributed by atoms with Gasteiger partial charge in [0.15, 0.2) is 0 Å². The summed E-state index contributed by atoms with van der Waals surface area (Å²) in [7, 11) is 0. The van der Waals surface area contributed by atoms with Crippen molar-refractivity contribution in [2.45, 2.75) is 13.3 Å². The van der Waals surface area contributed by atoms with Gasteiger partial charge in [-0.05, 0) is 35.9 Å². The third-order valence-electron chi connectivity index (χ3n) is 2.35. The number of rotatable bonds is 3. The van der Waals surface area contributed by atoms with Gasteiger partial charge < -0.3 is 0 Å². The Kier molecular flexibility index (Phi) is 3.36. The van der Waals surface area contributed by atoms with Crippen LogP contribution in [0.25, 0.3) is 10.4 Å². The highest BCUT2D eigenvalue weighted by molar-refractivity contribution is 7.13. The minimum absolute atomic E-state index is 1.03. The van der Waals surface area contributed by atoms with Crippen LogP contribution in [0.5, 0.6) is 0 Å². The smallest absolute Gasteiger partial charge is 0.0342 e. The van der Waals surface area contributed by atoms with Crippen molar-refractivity contribution < 1.29 is 0 Å². The van der Waals surface area contributed by atoms with Gasteiger partial charge in [-0.3, -0.25) is 0 Å². The molecule has 0 aliphatic carbocycles. The van der Waals surface area contributed by atoms with Crippen molar-refractivity contribution in [1.29, 1.82) is 0 Å². The van der Waals surface area contributed by atoms with Gasteiger partial charge in [0.2, 0.25) is 0 Å². The van der Waals surface area contributed by atoms with E-state index in [1.807, 2.05) is 0 Å². The normalized spacial score (nSPS) is 11.0. The van der Waals surface area contributed by atoms with Gasteiger partial charge >= 0.3 is 0 Å². The van der Waals surface area contributed by atoms with Crippen molar-refractivity contribution >= 4 is 11.3 Å². The lowest BCUT2D eigenvalue weighted by molar-refractivity contribution is 1.26. The fourth-order valence-corrected chi connectivity index (χ4v) is 2.23. The van der Waals surface area contributed by atoms with Crippen LogP contribution in [0.15, 0.2) is 53.9 Å². The summed E-state index contributed by atoms with van der Waals surface area (Å²) in [6.45, 7) is 2.06. The summed E-state index contributed by atoms with van der Waals surface area (Å²) >= 11 is 1.79. The van der Waals surface area contributed by atoms with Gasteiger partial charge in [-0.25, -0.2) is 0 Å². The fraction of sp³-hybridized carbons (Fsp3) is 0.143. The molecule has 1 aromatic heterocycles. The highest BCUT2D eigenvalue weighted by Crippen LogP contribution is 2.24. The van der Waals surface area contributed by atoms with Gasteiger partial charge in [-0.1, -0.05) is 42.5 Å². The maximum atomic E-state index is 2.20. The van der Waals surface area contributed by atoms with E-state index < -0.39 is 0 Å². The van der Waals surface area contributed by atoms with Crippen molar-refractivity contribution in [3.05, 3.63) is 59.5 Å². The highest BCUT2D eigenvalue weighted by atomic mass is 32.1. The predicted molar refractivity (Wildman–Crippen MR) is 68.3 cm³/mol. The summed E-state index contributed by atoms with van der Waals surface area (Å²) < 4.78 is 0. The Morgan fingerprint density at radius 2 is 1.93 bits per heavy atom. The van der Waals surface area contributed by atoms with Gasteiger partial charge in [0, 0.05) is 4.88 Å². The summed E-state index contributed by atoms with van der Waals surface area (Å²) in [6.07, 6.45) is 5.30. The van der Waals surface area contributed by atoms with Gasteiger partial charge in [0.25, 0.3) is 0 Å². The van der Waals surface area contributed by atoms with E-state index in [0.717, 1.165) is 6.42 Å². The quantitative estimate of drug-likeness (QED) is 0.658. The summed E-state index contributed by atoms with van der Waals surface area (Å²) in [5.74, 6) is 0. The molecular formula is C14H14S. The number of thiophene rings is 1. The lowest BCUT2D eigenvalue weighted by atomic mass is 10.1. The largest absolute Gasteiger partial charge is 0.144 e. The van der Waals surface area contributed by atoms with E-state index in [1.54, 1.807) is 11.3 Å². The molecule has 0 bridgehead atoms. The lowest BCUT2D eigenvalue weighted by Gasteiger charge is -1.99. The van der Waals surface area contributed by atoms with E-state index >= 15 is 0 Å². The average Bonchev–Trinajstić information content (AvgIpc) is 2.80. The molecule has 76 valence electrons. The Bertz CT molecular complexity index is 421. The molecule has 2 aromatic rings. The van der Waals surface area contributed by atoms with E-state index in [9.17, 15) is 0 Å². The maximum absolute atomic E-state index is 2.20. The van der Waals surface area contributed by atoms with Crippen LogP contribution >= 0.6 is 11.3 Å². The summed E-state index contributed by atoms with van der Waals surface area (Å²) in [5, 5.41) is 2.11. The first-order valence-electron chi connectivity index (χ1n) is 5.14. The zero-order chi connectivity index (χ0) is 10.5. The van der Waals surface area contributed by atoms with E-state index in [1.165, 1.54) is 16.0 Å². The lowest BCUT2D eigenvalue weighted by Crippen LogP contribution is -1.80. The molecule has 0 atom stereocenters. The predicted octanol–water partition coefficient (Wildman–Crippen LogP) is 4.53. The Morgan fingerprint density at radius 1 is 1.13 bits per heavy atom. The van der Waals surface area contributed by atoms with Crippen LogP contribution in [0.3, 0.4) is 0 Å². The third-order valence-corrected chi connectivity index (χ3v) is 3.27. The molecule has 0 N–H and O–H groups in total. The number of allylic oxidation sites excluding steroid dienone is 2. The number of benzene rings is 1. The van der Waals surface area contributed by atoms with Gasteiger partial charge in [-0.2, -0.15) is 0 Å². The van der Waals surface area contributed by atoms with Gasteiger partial charge in [-0.15, -0.1) is 11.3 Å². The van der Waals surface area contributed by atoms with Crippen LogP contribution in [0.4, 0.5) is 0 Å². The molecule has 0 nitrogen and oxygen atoms in total. The molecule has 0 saturated heterocycles. The SMILES string of the molecule is CC=CCc1ccc(-c2cccs2)cc1. The molecule has 1 aromatic carbocycles. The summed E-state index contributed by atoms with van der Waals surface area (Å²) in [6, 6.07) is 13.1. The Hall–Kier alpha value is -1.34. The molecular weight excluding hydrogens is 200 g/mol. The van der Waals surface area contributed by atoms with Crippen molar-refractivity contribution in [2.24, 2.45) is 0 Å². The van der Waals surface area contributed by atoms with Crippen LogP contribution in [-0.4, -0.2) is 0 Å². The minimum Gasteiger partial charge on any atom is -0.144 e. The second-order valence-electron chi connectivity index (χ2n) is 3.45. The van der Waals surface area contributed by atoms with Crippen LogP contribution in [0.2, 0.25) is 0 Å². The van der Waals surface area contributed by atoms with Crippen molar-refractivity contribution in [2.75, 3.05) is 0 Å². The first-order chi connectivity index (χ1) is 7.40. The molecule has 1 heterocycles. The zero-order valence-electron chi connectivity index (χ0n) is 8.81. The van der Waals surface area contributed by atoms with Crippen LogP contribution < -0.4 is 0 Å². The molecule has 15 heavy (non-hydrogen) atoms. The number of hydrogen-bond acceptors (Lipinski definition) is 1. The molecule has 0 aliphatic rings. The standard InChI is InChI=1S/C14H14S/c1-2-3-5-12-7-9-13(10-8-12)14-6-4-11-15-14/h2-4,6-11H,5H2,1H3. The second kappa shape index (κ2) is 4.94. The topological polar surface area (TPSA) is 0 Å². The van der Waals surface area contributed by atoms with Crippen molar-refractivity contribution in [3.8, 4) is 10.4 Å². The monoisotopic (exact) mass is 214 g/mol. The Labute approximate surface area is 94.9 Å². The van der Waals surface area contributed by atoms with Crippen molar-refractivity contribution in [3.63, 3.8) is 0 Å². The number of hydrogen-bond donors (Lipinski definition) is 0. The highest BCUT2D eigenvalue weighted by Gasteiger charge is 1.97. The van der Waals surface area contributed by atoms with Gasteiger partial charge in [0.05, 0.1) is 0 Å². The minimum atomic E-state index is 1.03. The molecule has 0 spiro atoms. The molecule has 2 rings (SSSR count). The average molecular weight is 214 g/mol. The summed E-state index contributed by atoms with van der Waals surface area (Å²) in [5.41, 5.74) is 2.68. The van der Waals surface area contributed by atoms with Crippen molar-refractivity contribution in [1.82, 2.24) is 0 Å². The van der Waals surface area contributed by atoms with E-state index in [4.69, 9.17) is 0 Å². The third kappa shape index (κ3) is 2.57. The zero-order valence-corrected chi connectivity index (χ0v) is 9.63. The first-order valence-corrected chi connectivity index (χ1v) is 6.02. The van der Waals surface area contributed by atoms with Crippen LogP contribution in [-0.2, 0) is 6.42 Å². The first kappa shape index (κ1) is 10.2. The molecule has 1 heteroatoms. The Balaban J connectivity index is 2.17. The second-order valence-corrected chi connectivity index (χ2v) is 4.40. The molecule has 0 amide bonds. The summed E-state index contributed by atoms with van der Waals surface area (Å²) in [4.78, 5) is 1.34.